The summed E-state index contributed by atoms with van der Waals surface area (Å²) in [4.78, 5) is 32.6. The number of non-ortho nitro benzene ring substituents is 1. The average Bonchev–Trinajstić information content (AvgIpc) is 2.87. The van der Waals surface area contributed by atoms with Crippen molar-refractivity contribution in [3.05, 3.63) is 55.2 Å². The molecule has 2 aromatic heterocycles. The number of benzene rings is 1. The van der Waals surface area contributed by atoms with Gasteiger partial charge in [-0.1, -0.05) is 11.6 Å². The maximum absolute atomic E-state index is 12.2. The van der Waals surface area contributed by atoms with Crippen molar-refractivity contribution in [2.75, 3.05) is 5.73 Å². The number of aromatic nitrogens is 2. The zero-order chi connectivity index (χ0) is 19.0. The van der Waals surface area contributed by atoms with Gasteiger partial charge in [0.1, 0.15) is 10.6 Å². The van der Waals surface area contributed by atoms with Crippen LogP contribution in [0, 0.1) is 24.0 Å². The van der Waals surface area contributed by atoms with Gasteiger partial charge in [-0.05, 0) is 25.5 Å². The van der Waals surface area contributed by atoms with E-state index in [1.54, 1.807) is 0 Å². The molecule has 0 aliphatic heterocycles. The number of nitrogens with two attached hydrogens (primary N) is 1. The molecule has 10 heteroatoms. The van der Waals surface area contributed by atoms with Crippen molar-refractivity contribution in [3.63, 3.8) is 0 Å². The molecule has 0 amide bonds. The Kier molecular flexibility index (Phi) is 4.75. The minimum Gasteiger partial charge on any atom is -0.454 e. The number of carbonyl (C=O) groups excluding carboxylic acids is 1. The summed E-state index contributed by atoms with van der Waals surface area (Å²) in [7, 11) is 0. The Morgan fingerprint density at radius 2 is 2.12 bits per heavy atom. The average molecular weight is 393 g/mol. The number of halogens is 1. The maximum Gasteiger partial charge on any atom is 0.340 e. The van der Waals surface area contributed by atoms with Crippen LogP contribution in [-0.4, -0.2) is 20.9 Å². The lowest BCUT2D eigenvalue weighted by Crippen LogP contribution is -2.09. The van der Waals surface area contributed by atoms with Crippen LogP contribution in [0.3, 0.4) is 0 Å². The van der Waals surface area contributed by atoms with Crippen molar-refractivity contribution >= 4 is 50.6 Å². The molecule has 0 radical (unpaired) electrons. The predicted octanol–water partition coefficient (Wildman–Crippen LogP) is 3.81. The fourth-order valence-electron chi connectivity index (χ4n) is 2.38. The number of rotatable bonds is 4. The van der Waals surface area contributed by atoms with Crippen LogP contribution < -0.4 is 5.73 Å². The Balaban J connectivity index is 1.80. The number of aryl methyl sites for hydroxylation is 2. The predicted molar refractivity (Wildman–Crippen MR) is 98.5 cm³/mol. The molecule has 0 aliphatic carbocycles. The smallest absolute Gasteiger partial charge is 0.340 e. The van der Waals surface area contributed by atoms with Crippen LogP contribution in [0.15, 0.2) is 18.2 Å². The van der Waals surface area contributed by atoms with Crippen LogP contribution >= 0.6 is 22.9 Å². The zero-order valence-corrected chi connectivity index (χ0v) is 15.3. The van der Waals surface area contributed by atoms with E-state index in [1.807, 2.05) is 13.8 Å². The van der Waals surface area contributed by atoms with E-state index in [4.69, 9.17) is 22.1 Å². The summed E-state index contributed by atoms with van der Waals surface area (Å²) in [5.41, 5.74) is 6.83. The lowest BCUT2D eigenvalue weighted by atomic mass is 10.2. The third kappa shape index (κ3) is 3.31. The van der Waals surface area contributed by atoms with Gasteiger partial charge in [0.05, 0.1) is 20.9 Å². The quantitative estimate of drug-likeness (QED) is 0.407. The molecule has 26 heavy (non-hydrogen) atoms. The second kappa shape index (κ2) is 6.85. The SMILES string of the molecule is Cc1sc2nc(COC(=O)c3ccc([N+](=O)[O-])cc3Cl)nc(N)c2c1C. The summed E-state index contributed by atoms with van der Waals surface area (Å²) in [6.45, 7) is 3.73. The van der Waals surface area contributed by atoms with Gasteiger partial charge in [0, 0.05) is 17.0 Å². The van der Waals surface area contributed by atoms with Crippen molar-refractivity contribution in [1.29, 1.82) is 0 Å². The summed E-state index contributed by atoms with van der Waals surface area (Å²) in [5, 5.41) is 11.5. The minimum atomic E-state index is -0.731. The second-order valence-corrected chi connectivity index (χ2v) is 7.10. The molecular weight excluding hydrogens is 380 g/mol. The number of carbonyl (C=O) groups is 1. The van der Waals surface area contributed by atoms with Crippen LogP contribution in [0.4, 0.5) is 11.5 Å². The molecule has 0 fully saturated rings. The van der Waals surface area contributed by atoms with Gasteiger partial charge in [0.25, 0.3) is 5.69 Å². The first-order chi connectivity index (χ1) is 12.3. The van der Waals surface area contributed by atoms with E-state index >= 15 is 0 Å². The number of fused-ring (bicyclic) bond motifs is 1. The molecule has 134 valence electrons. The van der Waals surface area contributed by atoms with Gasteiger partial charge in [-0.2, -0.15) is 0 Å². The Bertz CT molecular complexity index is 1050. The first-order valence-corrected chi connectivity index (χ1v) is 8.60. The Hall–Kier alpha value is -2.78. The summed E-state index contributed by atoms with van der Waals surface area (Å²) < 4.78 is 5.17. The number of hydrogen-bond acceptors (Lipinski definition) is 8. The summed E-state index contributed by atoms with van der Waals surface area (Å²) in [6, 6.07) is 3.52. The van der Waals surface area contributed by atoms with E-state index in [0.717, 1.165) is 26.7 Å². The van der Waals surface area contributed by atoms with E-state index in [0.29, 0.717) is 5.82 Å². The fraction of sp³-hybridized carbons (Fsp3) is 0.188. The normalized spacial score (nSPS) is 10.9. The van der Waals surface area contributed by atoms with Crippen LogP contribution in [-0.2, 0) is 11.3 Å². The number of ether oxygens (including phenoxy) is 1. The molecule has 0 spiro atoms. The van der Waals surface area contributed by atoms with Crippen molar-refractivity contribution in [3.8, 4) is 0 Å². The third-order valence-corrected chi connectivity index (χ3v) is 5.23. The Morgan fingerprint density at radius 1 is 1.38 bits per heavy atom. The van der Waals surface area contributed by atoms with Crippen molar-refractivity contribution in [2.45, 2.75) is 20.5 Å². The van der Waals surface area contributed by atoms with E-state index in [1.165, 1.54) is 23.5 Å². The van der Waals surface area contributed by atoms with Gasteiger partial charge in [-0.15, -0.1) is 11.3 Å². The summed E-state index contributed by atoms with van der Waals surface area (Å²) in [6.07, 6.45) is 0. The van der Waals surface area contributed by atoms with Crippen molar-refractivity contribution in [1.82, 2.24) is 9.97 Å². The topological polar surface area (TPSA) is 121 Å². The lowest BCUT2D eigenvalue weighted by molar-refractivity contribution is -0.384. The van der Waals surface area contributed by atoms with Crippen molar-refractivity contribution < 1.29 is 14.5 Å². The first kappa shape index (κ1) is 18.0. The fourth-order valence-corrected chi connectivity index (χ4v) is 3.69. The number of nitro benzene ring substituents is 1. The van der Waals surface area contributed by atoms with Gasteiger partial charge >= 0.3 is 5.97 Å². The molecular formula is C16H13ClN4O4S. The first-order valence-electron chi connectivity index (χ1n) is 7.41. The molecule has 2 heterocycles. The monoisotopic (exact) mass is 392 g/mol. The molecule has 3 aromatic rings. The molecule has 1 aromatic carbocycles. The van der Waals surface area contributed by atoms with E-state index in [9.17, 15) is 14.9 Å². The van der Waals surface area contributed by atoms with E-state index in [-0.39, 0.29) is 28.7 Å². The standard InChI is InChI=1S/C16H13ClN4O4S/c1-7-8(2)26-15-13(7)14(18)19-12(20-15)6-25-16(22)10-4-3-9(21(23)24)5-11(10)17/h3-5H,6H2,1-2H3,(H2,18,19,20). The molecule has 0 aliphatic rings. The van der Waals surface area contributed by atoms with Crippen LogP contribution in [0.25, 0.3) is 10.2 Å². The summed E-state index contributed by atoms with van der Waals surface area (Å²) >= 11 is 7.41. The highest BCUT2D eigenvalue weighted by molar-refractivity contribution is 7.18. The van der Waals surface area contributed by atoms with Gasteiger partial charge in [0.2, 0.25) is 0 Å². The number of nitro groups is 1. The molecule has 0 bridgehead atoms. The number of thiophene rings is 1. The maximum atomic E-state index is 12.2. The number of esters is 1. The second-order valence-electron chi connectivity index (χ2n) is 5.49. The van der Waals surface area contributed by atoms with Crippen LogP contribution in [0.2, 0.25) is 5.02 Å². The van der Waals surface area contributed by atoms with Crippen LogP contribution in [0.1, 0.15) is 26.6 Å². The molecule has 0 saturated carbocycles. The molecule has 8 nitrogen and oxygen atoms in total. The van der Waals surface area contributed by atoms with Crippen LogP contribution in [0.5, 0.6) is 0 Å². The Labute approximate surface area is 156 Å². The highest BCUT2D eigenvalue weighted by atomic mass is 35.5. The van der Waals surface area contributed by atoms with E-state index < -0.39 is 10.9 Å². The Morgan fingerprint density at radius 3 is 2.77 bits per heavy atom. The van der Waals surface area contributed by atoms with Gasteiger partial charge in [-0.25, -0.2) is 14.8 Å². The largest absolute Gasteiger partial charge is 0.454 e. The zero-order valence-electron chi connectivity index (χ0n) is 13.8. The minimum absolute atomic E-state index is 0.0223. The molecule has 0 atom stereocenters. The molecule has 3 rings (SSSR count). The molecule has 0 unspecified atom stereocenters. The van der Waals surface area contributed by atoms with Gasteiger partial charge < -0.3 is 10.5 Å². The number of nitrogen functional groups attached to an aromatic ring is 1. The van der Waals surface area contributed by atoms with Gasteiger partial charge in [-0.3, -0.25) is 10.1 Å². The van der Waals surface area contributed by atoms with Crippen molar-refractivity contribution in [2.24, 2.45) is 0 Å². The highest BCUT2D eigenvalue weighted by Gasteiger charge is 2.18. The van der Waals surface area contributed by atoms with Gasteiger partial charge in [0.15, 0.2) is 12.4 Å². The number of hydrogen-bond donors (Lipinski definition) is 1. The number of anilines is 1. The lowest BCUT2D eigenvalue weighted by Gasteiger charge is -2.06. The molecule has 0 saturated heterocycles. The highest BCUT2D eigenvalue weighted by Crippen LogP contribution is 2.32. The van der Waals surface area contributed by atoms with E-state index in [2.05, 4.69) is 9.97 Å². The molecule has 2 N–H and O–H groups in total. The number of nitrogens with zero attached hydrogens (tertiary/aromatic N) is 3. The third-order valence-electron chi connectivity index (χ3n) is 3.82. The summed E-state index contributed by atoms with van der Waals surface area (Å²) in [5.74, 6) is -0.135.